The minimum absolute atomic E-state index is 0.0259. The summed E-state index contributed by atoms with van der Waals surface area (Å²) in [6.07, 6.45) is 1.52. The number of rotatable bonds is 5. The minimum Gasteiger partial charge on any atom is -0.407 e. The van der Waals surface area contributed by atoms with E-state index in [0.717, 1.165) is 11.1 Å². The predicted molar refractivity (Wildman–Crippen MR) is 88.9 cm³/mol. The first kappa shape index (κ1) is 16.3. The van der Waals surface area contributed by atoms with Crippen LogP contribution >= 0.6 is 11.3 Å². The molecule has 1 aromatic carbocycles. The van der Waals surface area contributed by atoms with E-state index in [1.807, 2.05) is 17.5 Å². The molecule has 1 N–H and O–H groups in total. The predicted octanol–water partition coefficient (Wildman–Crippen LogP) is 2.38. The number of benzene rings is 1. The van der Waals surface area contributed by atoms with Crippen LogP contribution in [0.2, 0.25) is 0 Å². The first-order chi connectivity index (χ1) is 11.4. The Kier molecular flexibility index (Phi) is 4.45. The Bertz CT molecular complexity index is 962. The molecule has 1 amide bonds. The molecule has 0 fully saturated rings. The summed E-state index contributed by atoms with van der Waals surface area (Å²) in [5, 5.41) is 12.0. The van der Waals surface area contributed by atoms with Gasteiger partial charge in [0, 0.05) is 11.1 Å². The fraction of sp³-hybridized carbons (Fsp3) is 0.133. The summed E-state index contributed by atoms with van der Waals surface area (Å²) in [5.74, 6) is -0.258. The van der Waals surface area contributed by atoms with E-state index in [2.05, 4.69) is 15.5 Å². The Hall–Kier alpha value is -2.52. The zero-order valence-corrected chi connectivity index (χ0v) is 14.2. The molecule has 0 spiro atoms. The molecule has 124 valence electrons. The van der Waals surface area contributed by atoms with Gasteiger partial charge in [0.2, 0.25) is 5.89 Å². The Morgan fingerprint density at radius 3 is 2.71 bits per heavy atom. The Labute approximate surface area is 142 Å². The van der Waals surface area contributed by atoms with Gasteiger partial charge in [0.1, 0.15) is 0 Å². The van der Waals surface area contributed by atoms with Crippen LogP contribution in [0.5, 0.6) is 0 Å². The molecule has 0 aliphatic carbocycles. The largest absolute Gasteiger partial charge is 0.407 e. The molecule has 0 saturated heterocycles. The Morgan fingerprint density at radius 1 is 1.21 bits per heavy atom. The summed E-state index contributed by atoms with van der Waals surface area (Å²) in [6, 6.07) is 9.72. The molecule has 7 nitrogen and oxygen atoms in total. The van der Waals surface area contributed by atoms with Gasteiger partial charge in [-0.25, -0.2) is 8.42 Å². The van der Waals surface area contributed by atoms with Crippen molar-refractivity contribution >= 4 is 33.1 Å². The zero-order valence-electron chi connectivity index (χ0n) is 12.6. The van der Waals surface area contributed by atoms with Gasteiger partial charge < -0.3 is 4.42 Å². The van der Waals surface area contributed by atoms with Crippen LogP contribution in [0.25, 0.3) is 0 Å². The molecule has 0 bridgehead atoms. The van der Waals surface area contributed by atoms with E-state index in [4.69, 9.17) is 4.42 Å². The average Bonchev–Trinajstić information content (AvgIpc) is 3.19. The van der Waals surface area contributed by atoms with Crippen molar-refractivity contribution in [3.63, 3.8) is 0 Å². The van der Waals surface area contributed by atoms with Crippen LogP contribution in [0.3, 0.4) is 0 Å². The van der Waals surface area contributed by atoms with E-state index >= 15 is 0 Å². The first-order valence-electron chi connectivity index (χ1n) is 6.88. The maximum Gasteiger partial charge on any atom is 0.322 e. The van der Waals surface area contributed by atoms with Gasteiger partial charge >= 0.3 is 6.01 Å². The summed E-state index contributed by atoms with van der Waals surface area (Å²) in [4.78, 5) is 13.3. The van der Waals surface area contributed by atoms with Gasteiger partial charge in [0.05, 0.1) is 16.9 Å². The summed E-state index contributed by atoms with van der Waals surface area (Å²) < 4.78 is 28.9. The van der Waals surface area contributed by atoms with Crippen LogP contribution < -0.4 is 5.32 Å². The fourth-order valence-corrected chi connectivity index (χ4v) is 3.66. The highest BCUT2D eigenvalue weighted by atomic mass is 32.2. The van der Waals surface area contributed by atoms with Gasteiger partial charge in [-0.3, -0.25) is 10.1 Å². The van der Waals surface area contributed by atoms with Gasteiger partial charge in [0.15, 0.2) is 9.84 Å². The first-order valence-corrected chi connectivity index (χ1v) is 9.66. The number of amides is 1. The zero-order chi connectivity index (χ0) is 17.2. The van der Waals surface area contributed by atoms with Crippen LogP contribution in [-0.2, 0) is 16.3 Å². The lowest BCUT2D eigenvalue weighted by atomic mass is 10.2. The molecule has 3 aromatic rings. The number of carbonyl (C=O) groups is 1. The van der Waals surface area contributed by atoms with E-state index in [9.17, 15) is 13.2 Å². The molecule has 9 heteroatoms. The van der Waals surface area contributed by atoms with Crippen LogP contribution in [0.1, 0.15) is 21.1 Å². The van der Waals surface area contributed by atoms with E-state index < -0.39 is 15.7 Å². The van der Waals surface area contributed by atoms with Crippen molar-refractivity contribution in [2.45, 2.75) is 11.3 Å². The second kappa shape index (κ2) is 6.54. The smallest absolute Gasteiger partial charge is 0.322 e. The molecule has 0 radical (unpaired) electrons. The van der Waals surface area contributed by atoms with Crippen LogP contribution in [0.15, 0.2) is 51.1 Å². The quantitative estimate of drug-likeness (QED) is 0.747. The molecular formula is C15H13N3O4S2. The average molecular weight is 363 g/mol. The number of aromatic nitrogens is 2. The van der Waals surface area contributed by atoms with Crippen molar-refractivity contribution in [3.05, 3.63) is 58.1 Å². The topological polar surface area (TPSA) is 102 Å². The van der Waals surface area contributed by atoms with Gasteiger partial charge in [0.25, 0.3) is 5.91 Å². The highest BCUT2D eigenvalue weighted by Gasteiger charge is 2.20. The molecule has 0 unspecified atom stereocenters. The van der Waals surface area contributed by atoms with Crippen LogP contribution in [-0.4, -0.2) is 30.8 Å². The van der Waals surface area contributed by atoms with E-state index in [-0.39, 0.29) is 16.5 Å². The molecule has 0 aliphatic heterocycles. The number of nitrogens with zero attached hydrogens (tertiary/aromatic N) is 2. The Morgan fingerprint density at radius 2 is 2.00 bits per heavy atom. The SMILES string of the molecule is CS(=O)(=O)c1ccccc1C(=O)Nc1nnc(Cc2cccs2)o1. The third-order valence-corrected chi connectivity index (χ3v) is 5.16. The summed E-state index contributed by atoms with van der Waals surface area (Å²) in [7, 11) is -3.53. The third-order valence-electron chi connectivity index (χ3n) is 3.12. The van der Waals surface area contributed by atoms with Gasteiger partial charge in [-0.2, -0.15) is 0 Å². The molecule has 2 aromatic heterocycles. The third kappa shape index (κ3) is 3.69. The number of sulfone groups is 1. The summed E-state index contributed by atoms with van der Waals surface area (Å²) in [5.41, 5.74) is 0.0259. The van der Waals surface area contributed by atoms with Crippen molar-refractivity contribution in [3.8, 4) is 0 Å². The van der Waals surface area contributed by atoms with Crippen molar-refractivity contribution in [1.29, 1.82) is 0 Å². The molecule has 0 saturated carbocycles. The number of hydrogen-bond acceptors (Lipinski definition) is 7. The highest BCUT2D eigenvalue weighted by Crippen LogP contribution is 2.18. The lowest BCUT2D eigenvalue weighted by molar-refractivity contribution is 0.102. The van der Waals surface area contributed by atoms with Crippen molar-refractivity contribution in [2.24, 2.45) is 0 Å². The van der Waals surface area contributed by atoms with Crippen LogP contribution in [0, 0.1) is 0 Å². The summed E-state index contributed by atoms with van der Waals surface area (Å²) in [6.45, 7) is 0. The lowest BCUT2D eigenvalue weighted by Gasteiger charge is -2.06. The number of anilines is 1. The van der Waals surface area contributed by atoms with Crippen molar-refractivity contribution in [2.75, 3.05) is 11.6 Å². The standard InChI is InChI=1S/C15H13N3O4S2/c1-24(20,21)12-7-3-2-6-11(12)14(19)16-15-18-17-13(22-15)9-10-5-4-8-23-10/h2-8H,9H2,1H3,(H,16,18,19). The fourth-order valence-electron chi connectivity index (χ4n) is 2.08. The van der Waals surface area contributed by atoms with E-state index in [1.54, 1.807) is 23.5 Å². The normalized spacial score (nSPS) is 11.4. The lowest BCUT2D eigenvalue weighted by Crippen LogP contribution is -2.16. The molecule has 3 rings (SSSR count). The number of carbonyl (C=O) groups excluding carboxylic acids is 1. The van der Waals surface area contributed by atoms with Gasteiger partial charge in [-0.05, 0) is 23.6 Å². The van der Waals surface area contributed by atoms with Crippen LogP contribution in [0.4, 0.5) is 6.01 Å². The monoisotopic (exact) mass is 363 g/mol. The molecule has 24 heavy (non-hydrogen) atoms. The maximum atomic E-state index is 12.3. The summed E-state index contributed by atoms with van der Waals surface area (Å²) >= 11 is 1.56. The molecule has 0 aliphatic rings. The number of thiophene rings is 1. The van der Waals surface area contributed by atoms with E-state index in [0.29, 0.717) is 12.3 Å². The van der Waals surface area contributed by atoms with Crippen molar-refractivity contribution < 1.29 is 17.6 Å². The number of hydrogen-bond donors (Lipinski definition) is 1. The van der Waals surface area contributed by atoms with E-state index in [1.165, 1.54) is 12.1 Å². The number of nitrogens with one attached hydrogen (secondary N) is 1. The molecule has 2 heterocycles. The van der Waals surface area contributed by atoms with Gasteiger partial charge in [-0.1, -0.05) is 23.3 Å². The van der Waals surface area contributed by atoms with Gasteiger partial charge in [-0.15, -0.1) is 16.4 Å². The highest BCUT2D eigenvalue weighted by molar-refractivity contribution is 7.90. The molecule has 0 atom stereocenters. The minimum atomic E-state index is -3.53. The maximum absolute atomic E-state index is 12.3. The molecular weight excluding hydrogens is 350 g/mol. The second-order valence-corrected chi connectivity index (χ2v) is 8.00. The van der Waals surface area contributed by atoms with Crippen molar-refractivity contribution in [1.82, 2.24) is 10.2 Å². The second-order valence-electron chi connectivity index (χ2n) is 4.98. The Balaban J connectivity index is 1.78.